The Kier molecular flexibility index (Phi) is 5.08. The summed E-state index contributed by atoms with van der Waals surface area (Å²) in [5.41, 5.74) is 1.68. The maximum atomic E-state index is 2.53. The maximum absolute atomic E-state index is 2.53. The van der Waals surface area contributed by atoms with Gasteiger partial charge in [-0.05, 0) is 25.2 Å². The number of hydrogen-bond acceptors (Lipinski definition) is 1. The third kappa shape index (κ3) is 3.07. The molecule has 104 valence electrons. The van der Waals surface area contributed by atoms with Crippen molar-refractivity contribution in [2.45, 2.75) is 77.2 Å². The molecule has 1 aliphatic heterocycles. The highest BCUT2D eigenvalue weighted by Crippen LogP contribution is 2.33. The number of nitrogens with zero attached hydrogens (tertiary/aromatic N) is 2. The second kappa shape index (κ2) is 6.58. The lowest BCUT2D eigenvalue weighted by Gasteiger charge is -2.29. The second-order valence-electron chi connectivity index (χ2n) is 6.29. The summed E-state index contributed by atoms with van der Waals surface area (Å²) in [5, 5.41) is 2.53. The molecule has 2 rings (SSSR count). The van der Waals surface area contributed by atoms with Gasteiger partial charge >= 0.3 is 0 Å². The van der Waals surface area contributed by atoms with E-state index in [9.17, 15) is 0 Å². The van der Waals surface area contributed by atoms with Crippen LogP contribution in [0.3, 0.4) is 0 Å². The Morgan fingerprint density at radius 1 is 1.17 bits per heavy atom. The van der Waals surface area contributed by atoms with E-state index in [1.54, 1.807) is 5.71 Å². The van der Waals surface area contributed by atoms with Crippen molar-refractivity contribution in [1.82, 2.24) is 5.01 Å². The molecular formula is C16H31N2+. The Bertz CT molecular complexity index is 289. The van der Waals surface area contributed by atoms with Crippen LogP contribution in [0.4, 0.5) is 0 Å². The molecule has 1 atom stereocenters. The zero-order valence-corrected chi connectivity index (χ0v) is 12.6. The fourth-order valence-corrected chi connectivity index (χ4v) is 3.78. The first-order valence-electron chi connectivity index (χ1n) is 8.05. The minimum Gasteiger partial charge on any atom is -0.186 e. The lowest BCUT2D eigenvalue weighted by Crippen LogP contribution is -2.38. The molecule has 0 aromatic rings. The van der Waals surface area contributed by atoms with E-state index in [1.165, 1.54) is 64.2 Å². The van der Waals surface area contributed by atoms with E-state index in [-0.39, 0.29) is 0 Å². The SMILES string of the molecule is CCCCCC1=[N+](C)N(C)C(C2CCCCC2)C1. The Morgan fingerprint density at radius 3 is 2.56 bits per heavy atom. The first kappa shape index (κ1) is 13.9. The molecule has 2 heteroatoms. The number of hydrazone groups is 1. The fraction of sp³-hybridized carbons (Fsp3) is 0.938. The molecular weight excluding hydrogens is 220 g/mol. The normalized spacial score (nSPS) is 26.2. The molecule has 1 unspecified atom stereocenters. The lowest BCUT2D eigenvalue weighted by atomic mass is 9.82. The highest BCUT2D eigenvalue weighted by Gasteiger charge is 2.39. The van der Waals surface area contributed by atoms with Crippen LogP contribution in [-0.4, -0.2) is 35.5 Å². The largest absolute Gasteiger partial charge is 0.186 e. The van der Waals surface area contributed by atoms with Crippen molar-refractivity contribution in [3.8, 4) is 0 Å². The zero-order chi connectivity index (χ0) is 13.0. The highest BCUT2D eigenvalue weighted by atomic mass is 15.6. The third-order valence-electron chi connectivity index (χ3n) is 5.12. The van der Waals surface area contributed by atoms with Crippen LogP contribution in [0.5, 0.6) is 0 Å². The highest BCUT2D eigenvalue weighted by molar-refractivity contribution is 5.81. The predicted octanol–water partition coefficient (Wildman–Crippen LogP) is 3.85. The average Bonchev–Trinajstić information content (AvgIpc) is 2.68. The summed E-state index contributed by atoms with van der Waals surface area (Å²) in [6, 6.07) is 0.798. The van der Waals surface area contributed by atoms with Crippen molar-refractivity contribution >= 4 is 5.71 Å². The zero-order valence-electron chi connectivity index (χ0n) is 12.6. The average molecular weight is 251 g/mol. The molecule has 0 amide bonds. The van der Waals surface area contributed by atoms with Crippen LogP contribution in [0, 0.1) is 5.92 Å². The van der Waals surface area contributed by atoms with E-state index in [0.717, 1.165) is 12.0 Å². The van der Waals surface area contributed by atoms with E-state index < -0.39 is 0 Å². The Labute approximate surface area is 113 Å². The molecule has 1 heterocycles. The molecule has 0 aromatic carbocycles. The second-order valence-corrected chi connectivity index (χ2v) is 6.29. The molecule has 0 bridgehead atoms. The summed E-state index contributed by atoms with van der Waals surface area (Å²) in [6.07, 6.45) is 14.1. The summed E-state index contributed by atoms with van der Waals surface area (Å²) in [5.74, 6) is 0.954. The first-order chi connectivity index (χ1) is 8.74. The number of unbranched alkanes of at least 4 members (excludes halogenated alkanes) is 2. The Morgan fingerprint density at radius 2 is 1.89 bits per heavy atom. The van der Waals surface area contributed by atoms with Gasteiger partial charge in [-0.3, -0.25) is 0 Å². The van der Waals surface area contributed by atoms with Gasteiger partial charge in [0.1, 0.15) is 0 Å². The predicted molar refractivity (Wildman–Crippen MR) is 78.1 cm³/mol. The molecule has 1 saturated carbocycles. The van der Waals surface area contributed by atoms with E-state index >= 15 is 0 Å². The van der Waals surface area contributed by atoms with Crippen molar-refractivity contribution in [3.05, 3.63) is 0 Å². The van der Waals surface area contributed by atoms with Gasteiger partial charge in [0.25, 0.3) is 0 Å². The number of hydrazine groups is 1. The topological polar surface area (TPSA) is 6.25 Å². The molecule has 0 aromatic heterocycles. The molecule has 1 fully saturated rings. The quantitative estimate of drug-likeness (QED) is 0.531. The number of hydrogen-bond donors (Lipinski definition) is 0. The van der Waals surface area contributed by atoms with E-state index in [1.807, 2.05) is 0 Å². The van der Waals surface area contributed by atoms with Gasteiger partial charge in [-0.2, -0.15) is 5.01 Å². The van der Waals surface area contributed by atoms with Crippen molar-refractivity contribution in [2.75, 3.05) is 14.1 Å². The van der Waals surface area contributed by atoms with Gasteiger partial charge in [0.05, 0.1) is 19.5 Å². The summed E-state index contributed by atoms with van der Waals surface area (Å²) in [7, 11) is 4.57. The molecule has 2 aliphatic rings. The number of rotatable bonds is 5. The van der Waals surface area contributed by atoms with Gasteiger partial charge in [-0.1, -0.05) is 39.0 Å². The van der Waals surface area contributed by atoms with Gasteiger partial charge < -0.3 is 0 Å². The summed E-state index contributed by atoms with van der Waals surface area (Å²) < 4.78 is 2.45. The van der Waals surface area contributed by atoms with E-state index in [4.69, 9.17) is 0 Å². The van der Waals surface area contributed by atoms with Crippen LogP contribution >= 0.6 is 0 Å². The van der Waals surface area contributed by atoms with Crippen LogP contribution in [0.25, 0.3) is 0 Å². The molecule has 0 spiro atoms. The smallest absolute Gasteiger partial charge is 0.184 e. The third-order valence-corrected chi connectivity index (χ3v) is 5.12. The van der Waals surface area contributed by atoms with E-state index in [2.05, 4.69) is 30.7 Å². The molecule has 0 N–H and O–H groups in total. The van der Waals surface area contributed by atoms with Crippen molar-refractivity contribution in [2.24, 2.45) is 5.92 Å². The van der Waals surface area contributed by atoms with Crippen LogP contribution in [0.1, 0.15) is 71.1 Å². The Hall–Kier alpha value is -0.530. The van der Waals surface area contributed by atoms with Gasteiger partial charge in [-0.25, -0.2) is 0 Å². The van der Waals surface area contributed by atoms with E-state index in [0.29, 0.717) is 0 Å². The minimum atomic E-state index is 0.798. The lowest BCUT2D eigenvalue weighted by molar-refractivity contribution is -0.661. The van der Waals surface area contributed by atoms with Crippen molar-refractivity contribution in [1.29, 1.82) is 0 Å². The van der Waals surface area contributed by atoms with Crippen LogP contribution < -0.4 is 0 Å². The first-order valence-corrected chi connectivity index (χ1v) is 8.05. The fourth-order valence-electron chi connectivity index (χ4n) is 3.78. The molecule has 18 heavy (non-hydrogen) atoms. The van der Waals surface area contributed by atoms with Gasteiger partial charge in [0.15, 0.2) is 12.8 Å². The standard InChI is InChI=1S/C16H31N2/c1-4-5-7-12-15-13-16(18(3)17(15)2)14-10-8-6-9-11-14/h14,16H,4-13H2,1-3H3/q+1. The van der Waals surface area contributed by atoms with Crippen molar-refractivity contribution < 1.29 is 4.68 Å². The summed E-state index contributed by atoms with van der Waals surface area (Å²) >= 11 is 0. The van der Waals surface area contributed by atoms with Gasteiger partial charge in [0.2, 0.25) is 0 Å². The van der Waals surface area contributed by atoms with Crippen LogP contribution in [-0.2, 0) is 0 Å². The monoisotopic (exact) mass is 251 g/mol. The van der Waals surface area contributed by atoms with Crippen LogP contribution in [0.2, 0.25) is 0 Å². The Balaban J connectivity index is 1.89. The minimum absolute atomic E-state index is 0.798. The summed E-state index contributed by atoms with van der Waals surface area (Å²) in [4.78, 5) is 0. The molecule has 1 aliphatic carbocycles. The maximum Gasteiger partial charge on any atom is 0.184 e. The molecule has 0 saturated heterocycles. The molecule has 0 radical (unpaired) electrons. The summed E-state index contributed by atoms with van der Waals surface area (Å²) in [6.45, 7) is 2.29. The molecule has 2 nitrogen and oxygen atoms in total. The van der Waals surface area contributed by atoms with Gasteiger partial charge in [0, 0.05) is 6.42 Å². The van der Waals surface area contributed by atoms with Crippen LogP contribution in [0.15, 0.2) is 0 Å². The van der Waals surface area contributed by atoms with Gasteiger partial charge in [-0.15, -0.1) is 4.68 Å². The van der Waals surface area contributed by atoms with Crippen molar-refractivity contribution in [3.63, 3.8) is 0 Å².